The molecule has 0 bridgehead atoms. The van der Waals surface area contributed by atoms with Crippen LogP contribution in [0.5, 0.6) is 0 Å². The molecule has 0 radical (unpaired) electrons. The number of likely N-dealkylation sites (tertiary alicyclic amines) is 1. The first-order valence-electron chi connectivity index (χ1n) is 7.48. The summed E-state index contributed by atoms with van der Waals surface area (Å²) >= 11 is 6.09. The minimum absolute atomic E-state index is 0. The van der Waals surface area contributed by atoms with E-state index in [0.29, 0.717) is 5.92 Å². The van der Waals surface area contributed by atoms with Crippen molar-refractivity contribution in [3.8, 4) is 0 Å². The molecule has 2 rings (SSSR count). The number of aryl methyl sites for hydroxylation is 1. The minimum atomic E-state index is 0. The van der Waals surface area contributed by atoms with Crippen LogP contribution in [0.25, 0.3) is 6.08 Å². The lowest BCUT2D eigenvalue weighted by Crippen LogP contribution is -2.39. The van der Waals surface area contributed by atoms with Gasteiger partial charge in [0, 0.05) is 24.2 Å². The Morgan fingerprint density at radius 2 is 2.09 bits per heavy atom. The SMILES string of the molecule is CNCC1CCN(C(=O)C=Cc2ccc(C)c(Cl)c2)CC1.Cl. The number of rotatable bonds is 4. The lowest BCUT2D eigenvalue weighted by molar-refractivity contribution is -0.127. The molecule has 0 unspecified atom stereocenters. The molecule has 1 aromatic rings. The second kappa shape index (κ2) is 9.19. The Morgan fingerprint density at radius 1 is 1.41 bits per heavy atom. The Labute approximate surface area is 144 Å². The molecule has 1 aliphatic rings. The topological polar surface area (TPSA) is 32.3 Å². The predicted molar refractivity (Wildman–Crippen MR) is 95.7 cm³/mol. The first kappa shape index (κ1) is 19.0. The van der Waals surface area contributed by atoms with Crippen LogP contribution in [0.4, 0.5) is 0 Å². The Balaban J connectivity index is 0.00000242. The van der Waals surface area contributed by atoms with Gasteiger partial charge in [-0.2, -0.15) is 0 Å². The molecule has 1 fully saturated rings. The number of hydrogen-bond donors (Lipinski definition) is 1. The summed E-state index contributed by atoms with van der Waals surface area (Å²) in [5, 5.41) is 3.94. The van der Waals surface area contributed by atoms with Crippen LogP contribution in [0.3, 0.4) is 0 Å². The number of amides is 1. The van der Waals surface area contributed by atoms with Crippen LogP contribution < -0.4 is 5.32 Å². The zero-order valence-corrected chi connectivity index (χ0v) is 14.7. The second-order valence-corrected chi connectivity index (χ2v) is 6.08. The minimum Gasteiger partial charge on any atom is -0.339 e. The van der Waals surface area contributed by atoms with Crippen molar-refractivity contribution in [2.45, 2.75) is 19.8 Å². The van der Waals surface area contributed by atoms with Gasteiger partial charge >= 0.3 is 0 Å². The summed E-state index contributed by atoms with van der Waals surface area (Å²) in [6.45, 7) is 4.71. The fraction of sp³-hybridized carbons (Fsp3) is 0.471. The molecule has 122 valence electrons. The van der Waals surface area contributed by atoms with Crippen LogP contribution in [0.1, 0.15) is 24.0 Å². The van der Waals surface area contributed by atoms with Gasteiger partial charge < -0.3 is 10.2 Å². The van der Waals surface area contributed by atoms with Gasteiger partial charge in [-0.05, 0) is 62.5 Å². The van der Waals surface area contributed by atoms with Crippen molar-refractivity contribution in [3.63, 3.8) is 0 Å². The fourth-order valence-electron chi connectivity index (χ4n) is 2.63. The quantitative estimate of drug-likeness (QED) is 0.848. The first-order valence-corrected chi connectivity index (χ1v) is 7.85. The largest absolute Gasteiger partial charge is 0.339 e. The molecule has 1 aromatic carbocycles. The third-order valence-electron chi connectivity index (χ3n) is 4.03. The number of hydrogen-bond acceptors (Lipinski definition) is 2. The summed E-state index contributed by atoms with van der Waals surface area (Å²) in [5.41, 5.74) is 2.01. The van der Waals surface area contributed by atoms with E-state index in [-0.39, 0.29) is 18.3 Å². The maximum absolute atomic E-state index is 12.2. The summed E-state index contributed by atoms with van der Waals surface area (Å²) < 4.78 is 0. The van der Waals surface area contributed by atoms with Gasteiger partial charge in [0.1, 0.15) is 0 Å². The van der Waals surface area contributed by atoms with Crippen molar-refractivity contribution in [2.24, 2.45) is 5.92 Å². The van der Waals surface area contributed by atoms with Gasteiger partial charge in [0.05, 0.1) is 0 Å². The maximum Gasteiger partial charge on any atom is 0.246 e. The van der Waals surface area contributed by atoms with Crippen LogP contribution in [-0.2, 0) is 4.79 Å². The van der Waals surface area contributed by atoms with Crippen LogP contribution in [0.2, 0.25) is 5.02 Å². The Morgan fingerprint density at radius 3 is 2.68 bits per heavy atom. The van der Waals surface area contributed by atoms with Crippen molar-refractivity contribution in [1.29, 1.82) is 0 Å². The van der Waals surface area contributed by atoms with Crippen molar-refractivity contribution >= 4 is 36.0 Å². The molecule has 22 heavy (non-hydrogen) atoms. The van der Waals surface area contributed by atoms with Gasteiger partial charge in [0.2, 0.25) is 5.91 Å². The Kier molecular flexibility index (Phi) is 7.94. The highest BCUT2D eigenvalue weighted by atomic mass is 35.5. The lowest BCUT2D eigenvalue weighted by atomic mass is 9.97. The molecule has 3 nitrogen and oxygen atoms in total. The molecule has 1 saturated heterocycles. The van der Waals surface area contributed by atoms with Gasteiger partial charge in [0.25, 0.3) is 0 Å². The Hall–Kier alpha value is -1.03. The predicted octanol–water partition coefficient (Wildman–Crippen LogP) is 3.54. The van der Waals surface area contributed by atoms with E-state index in [0.717, 1.165) is 48.6 Å². The highest BCUT2D eigenvalue weighted by Gasteiger charge is 2.20. The molecule has 1 heterocycles. The highest BCUT2D eigenvalue weighted by Crippen LogP contribution is 2.19. The number of nitrogens with one attached hydrogen (secondary N) is 1. The monoisotopic (exact) mass is 342 g/mol. The van der Waals surface area contributed by atoms with E-state index in [1.165, 1.54) is 0 Å². The van der Waals surface area contributed by atoms with E-state index in [2.05, 4.69) is 5.32 Å². The summed E-state index contributed by atoms with van der Waals surface area (Å²) in [7, 11) is 1.98. The zero-order chi connectivity index (χ0) is 15.2. The number of carbonyl (C=O) groups excluding carboxylic acids is 1. The molecule has 1 amide bonds. The first-order chi connectivity index (χ1) is 10.1. The van der Waals surface area contributed by atoms with Gasteiger partial charge in [-0.25, -0.2) is 0 Å². The average Bonchev–Trinajstić information content (AvgIpc) is 2.49. The van der Waals surface area contributed by atoms with Crippen LogP contribution in [-0.4, -0.2) is 37.5 Å². The lowest BCUT2D eigenvalue weighted by Gasteiger charge is -2.31. The summed E-state index contributed by atoms with van der Waals surface area (Å²) in [5.74, 6) is 0.786. The highest BCUT2D eigenvalue weighted by molar-refractivity contribution is 6.31. The standard InChI is InChI=1S/C17H23ClN2O.ClH/c1-13-3-4-14(11-16(13)18)5-6-17(21)20-9-7-15(8-10-20)12-19-2;/h3-6,11,15,19H,7-10,12H2,1-2H3;1H. The van der Waals surface area contributed by atoms with Crippen molar-refractivity contribution in [3.05, 3.63) is 40.4 Å². The molecular formula is C17H24Cl2N2O. The second-order valence-electron chi connectivity index (χ2n) is 5.67. The fourth-order valence-corrected chi connectivity index (χ4v) is 2.82. The van der Waals surface area contributed by atoms with Gasteiger partial charge in [-0.1, -0.05) is 23.7 Å². The molecule has 0 spiro atoms. The zero-order valence-electron chi connectivity index (χ0n) is 13.1. The van der Waals surface area contributed by atoms with Gasteiger partial charge in [-0.3, -0.25) is 4.79 Å². The maximum atomic E-state index is 12.2. The molecular weight excluding hydrogens is 319 g/mol. The van der Waals surface area contributed by atoms with Crippen LogP contribution in [0, 0.1) is 12.8 Å². The molecule has 1 N–H and O–H groups in total. The molecule has 5 heteroatoms. The van der Waals surface area contributed by atoms with E-state index in [9.17, 15) is 4.79 Å². The number of nitrogens with zero attached hydrogens (tertiary/aromatic N) is 1. The van der Waals surface area contributed by atoms with E-state index >= 15 is 0 Å². The summed E-state index contributed by atoms with van der Waals surface area (Å²) in [6.07, 6.45) is 5.65. The van der Waals surface area contributed by atoms with E-state index in [4.69, 9.17) is 11.6 Å². The van der Waals surface area contributed by atoms with E-state index in [1.807, 2.05) is 43.1 Å². The smallest absolute Gasteiger partial charge is 0.246 e. The molecule has 0 aliphatic carbocycles. The van der Waals surface area contributed by atoms with Crippen LogP contribution >= 0.6 is 24.0 Å². The van der Waals surface area contributed by atoms with E-state index in [1.54, 1.807) is 6.08 Å². The average molecular weight is 343 g/mol. The van der Waals surface area contributed by atoms with Crippen molar-refractivity contribution in [2.75, 3.05) is 26.7 Å². The number of halogens is 2. The Bertz CT molecular complexity index is 523. The van der Waals surface area contributed by atoms with Crippen molar-refractivity contribution < 1.29 is 4.79 Å². The normalized spacial score (nSPS) is 15.9. The number of benzene rings is 1. The van der Waals surface area contributed by atoms with Crippen LogP contribution in [0.15, 0.2) is 24.3 Å². The van der Waals surface area contributed by atoms with Gasteiger partial charge in [-0.15, -0.1) is 12.4 Å². The number of carbonyl (C=O) groups is 1. The van der Waals surface area contributed by atoms with E-state index < -0.39 is 0 Å². The van der Waals surface area contributed by atoms with Crippen molar-refractivity contribution in [1.82, 2.24) is 10.2 Å². The number of piperidine rings is 1. The molecule has 0 aromatic heterocycles. The summed E-state index contributed by atoms with van der Waals surface area (Å²) in [6, 6.07) is 5.83. The molecule has 0 atom stereocenters. The molecule has 0 saturated carbocycles. The van der Waals surface area contributed by atoms with Gasteiger partial charge in [0.15, 0.2) is 0 Å². The summed E-state index contributed by atoms with van der Waals surface area (Å²) in [4.78, 5) is 14.1. The third-order valence-corrected chi connectivity index (χ3v) is 4.44. The third kappa shape index (κ3) is 5.31. The molecule has 1 aliphatic heterocycles.